The molecular weight excluding hydrogens is 667 g/mol. The smallest absolute Gasteiger partial charge is 0.410 e. The molecule has 3 aliphatic rings. The van der Waals surface area contributed by atoms with Crippen molar-refractivity contribution in [3.63, 3.8) is 0 Å². The minimum Gasteiger partial charge on any atom is -0.489 e. The first kappa shape index (κ1) is 39.3. The average molecular weight is 723 g/mol. The van der Waals surface area contributed by atoms with Gasteiger partial charge in [-0.05, 0) is 80.7 Å². The molecule has 2 aromatic carbocycles. The number of aliphatic hydroxyl groups is 2. The van der Waals surface area contributed by atoms with Crippen LogP contribution in [0.3, 0.4) is 0 Å². The summed E-state index contributed by atoms with van der Waals surface area (Å²) < 4.78 is 40.5. The number of halogens is 1. The number of nitrogens with zero attached hydrogens (tertiary/aromatic N) is 2. The lowest BCUT2D eigenvalue weighted by Crippen LogP contribution is -2.70. The van der Waals surface area contributed by atoms with Crippen molar-refractivity contribution in [1.29, 1.82) is 0 Å². The van der Waals surface area contributed by atoms with E-state index in [4.69, 9.17) is 23.8 Å². The third-order valence-corrected chi connectivity index (χ3v) is 10.5. The van der Waals surface area contributed by atoms with Crippen molar-refractivity contribution in [2.45, 2.75) is 89.6 Å². The molecule has 5 rings (SSSR count). The maximum atomic E-state index is 14.6. The van der Waals surface area contributed by atoms with Gasteiger partial charge in [-0.15, -0.1) is 6.58 Å². The second-order valence-electron chi connectivity index (χ2n) is 13.7. The predicted molar refractivity (Wildman–Crippen MR) is 197 cm³/mol. The summed E-state index contributed by atoms with van der Waals surface area (Å²) in [6, 6.07) is 11.6. The molecule has 0 unspecified atom stereocenters. The van der Waals surface area contributed by atoms with Gasteiger partial charge < -0.3 is 34.0 Å². The van der Waals surface area contributed by atoms with Crippen molar-refractivity contribution in [2.75, 3.05) is 40.1 Å². The summed E-state index contributed by atoms with van der Waals surface area (Å²) in [5.74, 6) is -0.958. The van der Waals surface area contributed by atoms with Crippen LogP contribution in [0.4, 0.5) is 9.18 Å². The highest BCUT2D eigenvalue weighted by molar-refractivity contribution is 6.02. The summed E-state index contributed by atoms with van der Waals surface area (Å²) in [6.45, 7) is 8.81. The van der Waals surface area contributed by atoms with E-state index in [-0.39, 0.29) is 56.6 Å². The van der Waals surface area contributed by atoms with E-state index in [9.17, 15) is 19.4 Å². The Balaban J connectivity index is 1.73. The molecule has 0 aromatic heterocycles. The van der Waals surface area contributed by atoms with Crippen LogP contribution in [0, 0.1) is 23.6 Å². The molecule has 6 atom stereocenters. The van der Waals surface area contributed by atoms with Crippen LogP contribution in [0.1, 0.15) is 82.3 Å². The van der Waals surface area contributed by atoms with Crippen LogP contribution in [0.5, 0.6) is 11.5 Å². The largest absolute Gasteiger partial charge is 0.489 e. The third kappa shape index (κ3) is 8.32. The predicted octanol–water partition coefficient (Wildman–Crippen LogP) is 7.54. The van der Waals surface area contributed by atoms with Gasteiger partial charge in [-0.3, -0.25) is 4.90 Å². The average Bonchev–Trinajstić information content (AvgIpc) is 3.14. The van der Waals surface area contributed by atoms with Gasteiger partial charge in [0.25, 0.3) is 0 Å². The molecule has 10 nitrogen and oxygen atoms in total. The molecule has 284 valence electrons. The molecule has 2 aliphatic carbocycles. The molecule has 0 bridgehead atoms. The maximum Gasteiger partial charge on any atom is 0.410 e. The number of allylic oxidation sites excluding steroid dienone is 1. The molecular formula is C41H55FN2O8. The second-order valence-corrected chi connectivity index (χ2v) is 13.7. The minimum atomic E-state index is -1.35. The fourth-order valence-corrected chi connectivity index (χ4v) is 8.45. The molecule has 11 heteroatoms. The van der Waals surface area contributed by atoms with E-state index in [1.54, 1.807) is 36.1 Å². The molecule has 1 amide bonds. The molecule has 52 heavy (non-hydrogen) atoms. The summed E-state index contributed by atoms with van der Waals surface area (Å²) in [6.07, 6.45) is 9.13. The Morgan fingerprint density at radius 1 is 1.12 bits per heavy atom. The highest BCUT2D eigenvalue weighted by atomic mass is 19.1. The summed E-state index contributed by atoms with van der Waals surface area (Å²) in [4.78, 5) is 21.0. The van der Waals surface area contributed by atoms with E-state index in [1.807, 2.05) is 25.1 Å². The van der Waals surface area contributed by atoms with Crippen LogP contribution in [0.2, 0.25) is 0 Å². The van der Waals surface area contributed by atoms with E-state index in [0.29, 0.717) is 55.0 Å². The van der Waals surface area contributed by atoms with E-state index < -0.39 is 23.8 Å². The first-order chi connectivity index (χ1) is 25.4. The zero-order valence-corrected chi connectivity index (χ0v) is 30.8. The zero-order chi connectivity index (χ0) is 37.1. The van der Waals surface area contributed by atoms with Crippen molar-refractivity contribution in [3.05, 3.63) is 83.7 Å². The number of amides is 1. The number of carbonyl (C=O) groups excluding carboxylic acids is 1. The number of hydrogen-bond acceptors (Lipinski definition) is 9. The van der Waals surface area contributed by atoms with Crippen LogP contribution in [-0.2, 0) is 20.9 Å². The Kier molecular flexibility index (Phi) is 14.1. The number of oxime groups is 1. The number of ether oxygens (including phenoxy) is 4. The zero-order valence-electron chi connectivity index (χ0n) is 30.8. The Morgan fingerprint density at radius 3 is 2.58 bits per heavy atom. The van der Waals surface area contributed by atoms with Crippen LogP contribution >= 0.6 is 0 Å². The first-order valence-corrected chi connectivity index (χ1v) is 18.8. The molecule has 1 aliphatic heterocycles. The third-order valence-electron chi connectivity index (χ3n) is 10.5. The van der Waals surface area contributed by atoms with Gasteiger partial charge in [-0.1, -0.05) is 55.3 Å². The van der Waals surface area contributed by atoms with Gasteiger partial charge in [0.05, 0.1) is 24.8 Å². The number of aliphatic hydroxyl groups excluding tert-OH is 2. The molecule has 0 radical (unpaired) electrons. The summed E-state index contributed by atoms with van der Waals surface area (Å²) >= 11 is 0. The number of unbranched alkanes of at least 4 members (excludes halogenated alkanes) is 2. The van der Waals surface area contributed by atoms with Gasteiger partial charge in [0.2, 0.25) is 5.79 Å². The van der Waals surface area contributed by atoms with Gasteiger partial charge in [-0.2, -0.15) is 0 Å². The van der Waals surface area contributed by atoms with E-state index in [1.165, 1.54) is 13.2 Å². The normalized spacial score (nSPS) is 25.3. The van der Waals surface area contributed by atoms with Crippen molar-refractivity contribution in [3.8, 4) is 11.5 Å². The quantitative estimate of drug-likeness (QED) is 0.0868. The Hall–Kier alpha value is -3.93. The molecule has 1 saturated carbocycles. The van der Waals surface area contributed by atoms with Gasteiger partial charge in [-0.25, -0.2) is 9.18 Å². The van der Waals surface area contributed by atoms with Crippen molar-refractivity contribution in [2.24, 2.45) is 22.9 Å². The van der Waals surface area contributed by atoms with Gasteiger partial charge in [0.15, 0.2) is 0 Å². The van der Waals surface area contributed by atoms with Crippen LogP contribution in [0.25, 0.3) is 0 Å². The SMILES string of the molecule is C=CCO[C@@]12Oc3ccc(OCc4ccccc4F)cc3[C@H]3[C@H](CCCCO)[C@@H](CCCCO)C=C(C(=NOC)C[C@@H]1N(CCC)C(=O)OCC)[C@H]32. The molecule has 2 aromatic rings. The number of hydrogen-bond donors (Lipinski definition) is 2. The molecule has 1 heterocycles. The fraction of sp³-hybridized carbons (Fsp3) is 0.561. The Bertz CT molecular complexity index is 1560. The number of fused-ring (bicyclic) bond motifs is 2. The Morgan fingerprint density at radius 2 is 1.88 bits per heavy atom. The minimum absolute atomic E-state index is 0.0555. The number of rotatable bonds is 19. The summed E-state index contributed by atoms with van der Waals surface area (Å²) in [5.41, 5.74) is 3.04. The molecule has 2 N–H and O–H groups in total. The topological polar surface area (TPSA) is 119 Å². The summed E-state index contributed by atoms with van der Waals surface area (Å²) in [5, 5.41) is 24.1. The molecule has 1 fully saturated rings. The highest BCUT2D eigenvalue weighted by Gasteiger charge is 2.65. The number of carbonyl (C=O) groups is 1. The van der Waals surface area contributed by atoms with Gasteiger partial charge in [0, 0.05) is 43.2 Å². The summed E-state index contributed by atoms with van der Waals surface area (Å²) in [7, 11) is 1.52. The van der Waals surface area contributed by atoms with Crippen molar-refractivity contribution < 1.29 is 43.2 Å². The second kappa shape index (κ2) is 18.7. The molecule has 0 saturated heterocycles. The maximum absolute atomic E-state index is 14.6. The first-order valence-electron chi connectivity index (χ1n) is 18.8. The Labute approximate surface area is 307 Å². The number of benzene rings is 2. The van der Waals surface area contributed by atoms with Crippen LogP contribution in [0.15, 0.2) is 71.9 Å². The van der Waals surface area contributed by atoms with Crippen LogP contribution in [-0.4, -0.2) is 78.8 Å². The van der Waals surface area contributed by atoms with Crippen molar-refractivity contribution in [1.82, 2.24) is 4.90 Å². The van der Waals surface area contributed by atoms with Crippen molar-refractivity contribution >= 4 is 11.8 Å². The van der Waals surface area contributed by atoms with E-state index in [0.717, 1.165) is 36.8 Å². The lowest BCUT2D eigenvalue weighted by molar-refractivity contribution is -0.255. The fourth-order valence-electron chi connectivity index (χ4n) is 8.45. The van der Waals surface area contributed by atoms with E-state index in [2.05, 4.69) is 17.8 Å². The monoisotopic (exact) mass is 722 g/mol. The highest BCUT2D eigenvalue weighted by Crippen LogP contribution is 2.62. The van der Waals surface area contributed by atoms with Gasteiger partial charge in [0.1, 0.15) is 37.1 Å². The van der Waals surface area contributed by atoms with Gasteiger partial charge >= 0.3 is 6.09 Å². The molecule has 0 spiro atoms. The lowest BCUT2D eigenvalue weighted by Gasteiger charge is -2.59. The van der Waals surface area contributed by atoms with E-state index >= 15 is 0 Å². The van der Waals surface area contributed by atoms with Crippen LogP contribution < -0.4 is 9.47 Å². The standard InChI is InChI=1S/C41H55FN2O8/c1-5-20-44(40(47)49-7-3)37-26-35(43-48-4)32-24-28(14-10-12-21-45)31(16-11-13-22-46)38-33-25-30(50-27-29-15-8-9-17-34(29)42)18-19-36(33)52-41(37,39(32)38)51-23-6-2/h6,8-9,15,17-19,24-25,28,31,37-39,45-46H,2,5,7,10-14,16,20-23,26-27H2,1,3-4H3/t28-,31+,37-,38+,39+,41+/m0/s1. The lowest BCUT2D eigenvalue weighted by atomic mass is 9.55.